The average molecular weight is 257 g/mol. The molecule has 1 N–H and O–H groups in total. The average Bonchev–Trinajstić information content (AvgIpc) is 2.80. The molecule has 1 rings (SSSR count). The van der Waals surface area contributed by atoms with Crippen molar-refractivity contribution in [1.29, 1.82) is 0 Å². The van der Waals surface area contributed by atoms with Crippen LogP contribution in [0.4, 0.5) is 0 Å². The minimum Gasteiger partial charge on any atom is -0.316 e. The van der Waals surface area contributed by atoms with Gasteiger partial charge in [0.25, 0.3) is 0 Å². The van der Waals surface area contributed by atoms with Gasteiger partial charge in [-0.15, -0.1) is 0 Å². The Morgan fingerprint density at radius 1 is 1.18 bits per heavy atom. The van der Waals surface area contributed by atoms with Gasteiger partial charge in [-0.25, -0.2) is 0 Å². The van der Waals surface area contributed by atoms with Gasteiger partial charge in [0, 0.05) is 0 Å². The summed E-state index contributed by atoms with van der Waals surface area (Å²) in [7, 11) is 0. The maximum absolute atomic E-state index is 3.68. The topological polar surface area (TPSA) is 12.0 Å². The third kappa shape index (κ3) is 6.71. The lowest BCUT2D eigenvalue weighted by molar-refractivity contribution is 0.311. The molecule has 0 heterocycles. The number of hydrogen-bond acceptors (Lipinski definition) is 2. The molecule has 0 aromatic rings. The van der Waals surface area contributed by atoms with E-state index in [1.54, 1.807) is 0 Å². The lowest BCUT2D eigenvalue weighted by atomic mass is 9.88. The summed E-state index contributed by atoms with van der Waals surface area (Å²) in [4.78, 5) is 0. The van der Waals surface area contributed by atoms with Crippen LogP contribution in [0, 0.1) is 17.8 Å². The molecule has 17 heavy (non-hydrogen) atoms. The smallest absolute Gasteiger partial charge is 0.00175 e. The first-order chi connectivity index (χ1) is 8.24. The molecule has 102 valence electrons. The Labute approximate surface area is 113 Å². The second-order valence-corrected chi connectivity index (χ2v) is 7.24. The van der Waals surface area contributed by atoms with E-state index in [0.717, 1.165) is 17.8 Å². The van der Waals surface area contributed by atoms with E-state index < -0.39 is 0 Å². The van der Waals surface area contributed by atoms with Crippen LogP contribution in [0.5, 0.6) is 0 Å². The summed E-state index contributed by atoms with van der Waals surface area (Å²) in [6.45, 7) is 9.30. The molecule has 0 spiro atoms. The molecule has 0 bridgehead atoms. The lowest BCUT2D eigenvalue weighted by Crippen LogP contribution is -2.30. The van der Waals surface area contributed by atoms with Crippen LogP contribution in [0.2, 0.25) is 0 Å². The van der Waals surface area contributed by atoms with Gasteiger partial charge in [-0.3, -0.25) is 0 Å². The summed E-state index contributed by atoms with van der Waals surface area (Å²) < 4.78 is 0. The van der Waals surface area contributed by atoms with Crippen LogP contribution < -0.4 is 5.32 Å². The van der Waals surface area contributed by atoms with E-state index in [2.05, 4.69) is 37.8 Å². The fraction of sp³-hybridized carbons (Fsp3) is 1.00. The van der Waals surface area contributed by atoms with E-state index in [1.165, 1.54) is 56.7 Å². The third-order valence-electron chi connectivity index (χ3n) is 3.86. The summed E-state index contributed by atoms with van der Waals surface area (Å²) in [5.41, 5.74) is 0. The van der Waals surface area contributed by atoms with Gasteiger partial charge >= 0.3 is 0 Å². The number of hydrogen-bond donors (Lipinski definition) is 1. The van der Waals surface area contributed by atoms with Crippen LogP contribution in [0.25, 0.3) is 0 Å². The second kappa shape index (κ2) is 9.27. The van der Waals surface area contributed by atoms with Gasteiger partial charge < -0.3 is 5.32 Å². The maximum atomic E-state index is 3.68. The van der Waals surface area contributed by atoms with Gasteiger partial charge in [-0.05, 0) is 48.8 Å². The van der Waals surface area contributed by atoms with Gasteiger partial charge in [0.2, 0.25) is 0 Å². The second-order valence-electron chi connectivity index (χ2n) is 5.84. The summed E-state index contributed by atoms with van der Waals surface area (Å²) in [6.07, 6.45) is 7.36. The van der Waals surface area contributed by atoms with Crippen LogP contribution >= 0.6 is 11.8 Å². The number of nitrogens with one attached hydrogen (secondary N) is 1. The van der Waals surface area contributed by atoms with E-state index >= 15 is 0 Å². The predicted molar refractivity (Wildman–Crippen MR) is 80.8 cm³/mol. The molecule has 0 radical (unpaired) electrons. The summed E-state index contributed by atoms with van der Waals surface area (Å²) in [6, 6.07) is 0. The van der Waals surface area contributed by atoms with Gasteiger partial charge in [-0.1, -0.05) is 46.5 Å². The SMILES string of the molecule is CCSCCC(CNCC(C)C)C1CCCC1. The summed E-state index contributed by atoms with van der Waals surface area (Å²) >= 11 is 2.11. The Hall–Kier alpha value is 0.310. The summed E-state index contributed by atoms with van der Waals surface area (Å²) in [5, 5.41) is 3.68. The Balaban J connectivity index is 2.24. The van der Waals surface area contributed by atoms with E-state index in [1.807, 2.05) is 0 Å². The van der Waals surface area contributed by atoms with E-state index in [-0.39, 0.29) is 0 Å². The zero-order valence-electron chi connectivity index (χ0n) is 12.0. The van der Waals surface area contributed by atoms with E-state index in [9.17, 15) is 0 Å². The van der Waals surface area contributed by atoms with Gasteiger partial charge in [0.1, 0.15) is 0 Å². The Kier molecular flexibility index (Phi) is 8.38. The van der Waals surface area contributed by atoms with Crippen molar-refractivity contribution >= 4 is 11.8 Å². The normalized spacial score (nSPS) is 19.1. The molecule has 1 unspecified atom stereocenters. The molecule has 1 aliphatic rings. The first kappa shape index (κ1) is 15.4. The Morgan fingerprint density at radius 2 is 1.88 bits per heavy atom. The van der Waals surface area contributed by atoms with Crippen LogP contribution in [0.1, 0.15) is 52.9 Å². The Morgan fingerprint density at radius 3 is 2.47 bits per heavy atom. The first-order valence-electron chi connectivity index (χ1n) is 7.52. The monoisotopic (exact) mass is 257 g/mol. The molecule has 1 atom stereocenters. The predicted octanol–water partition coefficient (Wildman–Crippen LogP) is 4.18. The van der Waals surface area contributed by atoms with Gasteiger partial charge in [0.15, 0.2) is 0 Å². The zero-order valence-corrected chi connectivity index (χ0v) is 12.8. The highest BCUT2D eigenvalue weighted by Gasteiger charge is 2.24. The van der Waals surface area contributed by atoms with Gasteiger partial charge in [-0.2, -0.15) is 11.8 Å². The van der Waals surface area contributed by atoms with Crippen molar-refractivity contribution in [3.8, 4) is 0 Å². The highest BCUT2D eigenvalue weighted by molar-refractivity contribution is 7.99. The van der Waals surface area contributed by atoms with Crippen molar-refractivity contribution in [2.45, 2.75) is 52.9 Å². The van der Waals surface area contributed by atoms with E-state index in [0.29, 0.717) is 0 Å². The maximum Gasteiger partial charge on any atom is -0.00175 e. The Bertz CT molecular complexity index is 176. The third-order valence-corrected chi connectivity index (χ3v) is 4.80. The molecule has 0 aromatic carbocycles. The fourth-order valence-corrected chi connectivity index (χ4v) is 3.63. The minimum absolute atomic E-state index is 0.782. The van der Waals surface area contributed by atoms with Gasteiger partial charge in [0.05, 0.1) is 0 Å². The minimum atomic E-state index is 0.782. The molecular weight excluding hydrogens is 226 g/mol. The number of rotatable bonds is 9. The molecule has 0 aliphatic heterocycles. The van der Waals surface area contributed by atoms with E-state index in [4.69, 9.17) is 0 Å². The van der Waals surface area contributed by atoms with Crippen LogP contribution in [-0.4, -0.2) is 24.6 Å². The standard InChI is InChI=1S/C15H31NS/c1-4-17-10-9-15(12-16-11-13(2)3)14-7-5-6-8-14/h13-16H,4-12H2,1-3H3. The molecule has 1 saturated carbocycles. The van der Waals surface area contributed by atoms with Crippen LogP contribution in [0.3, 0.4) is 0 Å². The molecule has 1 aliphatic carbocycles. The van der Waals surface area contributed by atoms with Crippen molar-refractivity contribution < 1.29 is 0 Å². The molecular formula is C15H31NS. The highest BCUT2D eigenvalue weighted by Crippen LogP contribution is 2.33. The molecule has 0 saturated heterocycles. The highest BCUT2D eigenvalue weighted by atomic mass is 32.2. The zero-order chi connectivity index (χ0) is 12.5. The molecule has 1 fully saturated rings. The van der Waals surface area contributed by atoms with Crippen molar-refractivity contribution in [2.75, 3.05) is 24.6 Å². The molecule has 0 aromatic heterocycles. The lowest BCUT2D eigenvalue weighted by Gasteiger charge is -2.24. The van der Waals surface area contributed by atoms with Crippen LogP contribution in [-0.2, 0) is 0 Å². The largest absolute Gasteiger partial charge is 0.316 e. The molecule has 2 heteroatoms. The van der Waals surface area contributed by atoms with Crippen molar-refractivity contribution in [3.05, 3.63) is 0 Å². The summed E-state index contributed by atoms with van der Waals surface area (Å²) in [5.74, 6) is 5.38. The molecule has 0 amide bonds. The number of thioether (sulfide) groups is 1. The molecule has 1 nitrogen and oxygen atoms in total. The van der Waals surface area contributed by atoms with Crippen LogP contribution in [0.15, 0.2) is 0 Å². The van der Waals surface area contributed by atoms with Crippen molar-refractivity contribution in [1.82, 2.24) is 5.32 Å². The quantitative estimate of drug-likeness (QED) is 0.622. The fourth-order valence-electron chi connectivity index (χ4n) is 2.87. The van der Waals surface area contributed by atoms with Crippen molar-refractivity contribution in [2.24, 2.45) is 17.8 Å². The van der Waals surface area contributed by atoms with Crippen molar-refractivity contribution in [3.63, 3.8) is 0 Å². The first-order valence-corrected chi connectivity index (χ1v) is 8.68.